The summed E-state index contributed by atoms with van der Waals surface area (Å²) in [4.78, 5) is 10.2. The number of rotatable bonds is 5. The third kappa shape index (κ3) is 4.08. The number of piperidine rings is 1. The van der Waals surface area contributed by atoms with Crippen LogP contribution in [0.2, 0.25) is 5.02 Å². The fourth-order valence-electron chi connectivity index (χ4n) is 2.20. The van der Waals surface area contributed by atoms with Crippen molar-refractivity contribution < 1.29 is 9.66 Å². The van der Waals surface area contributed by atoms with Gasteiger partial charge in [-0.15, -0.1) is 0 Å². The molecule has 1 heterocycles. The minimum Gasteiger partial charge on any atom is -0.492 e. The topological polar surface area (TPSA) is 64.4 Å². The molecular weight excluding hydrogens is 268 g/mol. The summed E-state index contributed by atoms with van der Waals surface area (Å²) in [6, 6.07) is 4.72. The molecule has 1 aromatic rings. The Bertz CT molecular complexity index is 448. The quantitative estimate of drug-likeness (QED) is 0.666. The molecule has 1 N–H and O–H groups in total. The molecule has 0 aliphatic carbocycles. The second kappa shape index (κ2) is 6.73. The van der Waals surface area contributed by atoms with Crippen molar-refractivity contribution in [3.8, 4) is 5.75 Å². The summed E-state index contributed by atoms with van der Waals surface area (Å²) in [5.74, 6) is 0.381. The van der Waals surface area contributed by atoms with E-state index in [-0.39, 0.29) is 5.69 Å². The summed E-state index contributed by atoms with van der Waals surface area (Å²) in [6.07, 6.45) is 4.52. The number of hydrogen-bond donors (Lipinski definition) is 1. The molecule has 19 heavy (non-hydrogen) atoms. The van der Waals surface area contributed by atoms with Gasteiger partial charge in [0.1, 0.15) is 5.75 Å². The zero-order valence-corrected chi connectivity index (χ0v) is 11.4. The molecule has 0 radical (unpaired) electrons. The first kappa shape index (κ1) is 14.1. The largest absolute Gasteiger partial charge is 0.492 e. The van der Waals surface area contributed by atoms with E-state index in [1.807, 2.05) is 0 Å². The monoisotopic (exact) mass is 284 g/mol. The van der Waals surface area contributed by atoms with E-state index >= 15 is 0 Å². The van der Waals surface area contributed by atoms with Crippen LogP contribution in [0.3, 0.4) is 0 Å². The van der Waals surface area contributed by atoms with Gasteiger partial charge in [0.2, 0.25) is 0 Å². The molecule has 1 aromatic carbocycles. The van der Waals surface area contributed by atoms with Gasteiger partial charge in [-0.2, -0.15) is 0 Å². The number of ether oxygens (including phenoxy) is 1. The van der Waals surface area contributed by atoms with Crippen molar-refractivity contribution in [3.63, 3.8) is 0 Å². The van der Waals surface area contributed by atoms with Crippen LogP contribution in [0.1, 0.15) is 25.7 Å². The summed E-state index contributed by atoms with van der Waals surface area (Å²) in [7, 11) is 0. The Morgan fingerprint density at radius 3 is 3.00 bits per heavy atom. The van der Waals surface area contributed by atoms with E-state index in [0.29, 0.717) is 23.4 Å². The second-order valence-corrected chi connectivity index (χ2v) is 5.06. The molecule has 1 saturated heterocycles. The van der Waals surface area contributed by atoms with Crippen molar-refractivity contribution in [2.24, 2.45) is 0 Å². The van der Waals surface area contributed by atoms with Crippen LogP contribution in [0.25, 0.3) is 0 Å². The van der Waals surface area contributed by atoms with Gasteiger partial charge in [0.05, 0.1) is 22.6 Å². The molecule has 104 valence electrons. The lowest BCUT2D eigenvalue weighted by Crippen LogP contribution is -2.35. The van der Waals surface area contributed by atoms with Crippen molar-refractivity contribution >= 4 is 17.3 Å². The highest BCUT2D eigenvalue weighted by Crippen LogP contribution is 2.29. The predicted molar refractivity (Wildman–Crippen MR) is 73.9 cm³/mol. The van der Waals surface area contributed by atoms with Crippen molar-refractivity contribution in [2.45, 2.75) is 31.7 Å². The highest BCUT2D eigenvalue weighted by molar-refractivity contribution is 6.32. The first-order valence-electron chi connectivity index (χ1n) is 6.47. The van der Waals surface area contributed by atoms with Crippen molar-refractivity contribution in [2.75, 3.05) is 13.2 Å². The molecule has 1 unspecified atom stereocenters. The Hall–Kier alpha value is -1.33. The van der Waals surface area contributed by atoms with Crippen LogP contribution >= 0.6 is 11.6 Å². The Labute approximate surface area is 117 Å². The van der Waals surface area contributed by atoms with E-state index in [2.05, 4.69) is 5.32 Å². The molecular formula is C13H17ClN2O3. The molecule has 6 heteroatoms. The standard InChI is InChI=1S/C13H17ClN2O3/c14-12-5-4-11(16(17)18)9-13(12)19-8-6-10-3-1-2-7-15-10/h4-5,9-10,15H,1-3,6-8H2. The van der Waals surface area contributed by atoms with Crippen LogP contribution in [0.5, 0.6) is 5.75 Å². The van der Waals surface area contributed by atoms with Crippen LogP contribution in [-0.4, -0.2) is 24.1 Å². The fraction of sp³-hybridized carbons (Fsp3) is 0.538. The van der Waals surface area contributed by atoms with Gasteiger partial charge in [0.25, 0.3) is 5.69 Å². The molecule has 1 aliphatic rings. The van der Waals surface area contributed by atoms with Gasteiger partial charge >= 0.3 is 0 Å². The molecule has 1 fully saturated rings. The third-order valence-corrected chi connectivity index (χ3v) is 3.57. The molecule has 1 atom stereocenters. The van der Waals surface area contributed by atoms with Gasteiger partial charge in [0.15, 0.2) is 0 Å². The summed E-state index contributed by atoms with van der Waals surface area (Å²) in [5, 5.41) is 14.5. The van der Waals surface area contributed by atoms with E-state index in [9.17, 15) is 10.1 Å². The van der Waals surface area contributed by atoms with Crippen molar-refractivity contribution in [3.05, 3.63) is 33.3 Å². The average Bonchev–Trinajstić information content (AvgIpc) is 2.42. The Morgan fingerprint density at radius 1 is 1.47 bits per heavy atom. The van der Waals surface area contributed by atoms with E-state index in [4.69, 9.17) is 16.3 Å². The van der Waals surface area contributed by atoms with E-state index in [1.165, 1.54) is 31.0 Å². The summed E-state index contributed by atoms with van der Waals surface area (Å²) < 4.78 is 5.55. The van der Waals surface area contributed by atoms with Gasteiger partial charge in [-0.25, -0.2) is 0 Å². The first-order valence-corrected chi connectivity index (χ1v) is 6.85. The maximum absolute atomic E-state index is 10.7. The normalized spacial score (nSPS) is 19.1. The van der Waals surface area contributed by atoms with Crippen LogP contribution in [0.15, 0.2) is 18.2 Å². The number of benzene rings is 1. The van der Waals surface area contributed by atoms with Gasteiger partial charge in [-0.3, -0.25) is 10.1 Å². The number of non-ortho nitro benzene ring substituents is 1. The number of nitrogens with one attached hydrogen (secondary N) is 1. The Kier molecular flexibility index (Phi) is 4.99. The fourth-order valence-corrected chi connectivity index (χ4v) is 2.37. The molecule has 5 nitrogen and oxygen atoms in total. The van der Waals surface area contributed by atoms with Gasteiger partial charge < -0.3 is 10.1 Å². The molecule has 2 rings (SSSR count). The summed E-state index contributed by atoms with van der Waals surface area (Å²) in [6.45, 7) is 1.57. The minimum atomic E-state index is -0.453. The van der Waals surface area contributed by atoms with Gasteiger partial charge in [-0.1, -0.05) is 18.0 Å². The Balaban J connectivity index is 1.87. The SMILES string of the molecule is O=[N+]([O-])c1ccc(Cl)c(OCCC2CCCCN2)c1. The maximum atomic E-state index is 10.7. The van der Waals surface area contributed by atoms with Gasteiger partial charge in [0, 0.05) is 12.1 Å². The number of nitro benzene ring substituents is 1. The second-order valence-electron chi connectivity index (χ2n) is 4.66. The molecule has 0 saturated carbocycles. The Morgan fingerprint density at radius 2 is 2.32 bits per heavy atom. The zero-order valence-electron chi connectivity index (χ0n) is 10.6. The molecule has 0 aromatic heterocycles. The molecule has 0 amide bonds. The van der Waals surface area contributed by atoms with Crippen molar-refractivity contribution in [1.82, 2.24) is 5.32 Å². The summed E-state index contributed by atoms with van der Waals surface area (Å²) in [5.41, 5.74) is -0.00445. The zero-order chi connectivity index (χ0) is 13.7. The number of nitro groups is 1. The number of hydrogen-bond acceptors (Lipinski definition) is 4. The van der Waals surface area contributed by atoms with Crippen LogP contribution < -0.4 is 10.1 Å². The van der Waals surface area contributed by atoms with E-state index in [0.717, 1.165) is 19.4 Å². The van der Waals surface area contributed by atoms with E-state index < -0.39 is 4.92 Å². The van der Waals surface area contributed by atoms with Gasteiger partial charge in [-0.05, 0) is 31.9 Å². The predicted octanol–water partition coefficient (Wildman–Crippen LogP) is 3.16. The first-order chi connectivity index (χ1) is 9.16. The van der Waals surface area contributed by atoms with Crippen LogP contribution in [0.4, 0.5) is 5.69 Å². The number of nitrogens with zero attached hydrogens (tertiary/aromatic N) is 1. The molecule has 1 aliphatic heterocycles. The van der Waals surface area contributed by atoms with Crippen LogP contribution in [-0.2, 0) is 0 Å². The maximum Gasteiger partial charge on any atom is 0.273 e. The third-order valence-electron chi connectivity index (χ3n) is 3.26. The lowest BCUT2D eigenvalue weighted by Gasteiger charge is -2.23. The highest BCUT2D eigenvalue weighted by atomic mass is 35.5. The molecule has 0 spiro atoms. The highest BCUT2D eigenvalue weighted by Gasteiger charge is 2.14. The van der Waals surface area contributed by atoms with Crippen molar-refractivity contribution in [1.29, 1.82) is 0 Å². The smallest absolute Gasteiger partial charge is 0.273 e. The lowest BCUT2D eigenvalue weighted by molar-refractivity contribution is -0.384. The van der Waals surface area contributed by atoms with E-state index in [1.54, 1.807) is 0 Å². The minimum absolute atomic E-state index is 0.00445. The molecule has 0 bridgehead atoms. The summed E-state index contributed by atoms with van der Waals surface area (Å²) >= 11 is 5.96. The lowest BCUT2D eigenvalue weighted by atomic mass is 10.0. The van der Waals surface area contributed by atoms with Crippen LogP contribution in [0, 0.1) is 10.1 Å². The average molecular weight is 285 g/mol. The number of halogens is 1.